The fourth-order valence-corrected chi connectivity index (χ4v) is 6.23. The van der Waals surface area contributed by atoms with Crippen LogP contribution in [-0.2, 0) is 31.6 Å². The molecule has 3 aromatic heterocycles. The van der Waals surface area contributed by atoms with Gasteiger partial charge in [-0.25, -0.2) is 14.8 Å². The van der Waals surface area contributed by atoms with Crippen molar-refractivity contribution in [3.63, 3.8) is 0 Å². The fourth-order valence-electron chi connectivity index (χ4n) is 5.91. The van der Waals surface area contributed by atoms with Crippen LogP contribution in [0.15, 0.2) is 58.3 Å². The zero-order chi connectivity index (χ0) is 35.0. The van der Waals surface area contributed by atoms with Crippen molar-refractivity contribution < 1.29 is 22.6 Å². The normalized spacial score (nSPS) is 14.0. The summed E-state index contributed by atoms with van der Waals surface area (Å²) in [5.41, 5.74) is 1.05. The summed E-state index contributed by atoms with van der Waals surface area (Å²) in [6, 6.07) is 11.6. The van der Waals surface area contributed by atoms with Gasteiger partial charge in [-0.15, -0.1) is 0 Å². The maximum absolute atomic E-state index is 13.9. The molecule has 0 spiro atoms. The van der Waals surface area contributed by atoms with Crippen molar-refractivity contribution in [2.75, 3.05) is 25.6 Å². The molecule has 0 aliphatic carbocycles. The second-order valence-corrected chi connectivity index (χ2v) is 12.1. The molecule has 1 aliphatic rings. The molecule has 0 saturated carbocycles. The van der Waals surface area contributed by atoms with E-state index in [2.05, 4.69) is 20.6 Å². The predicted molar refractivity (Wildman–Crippen MR) is 180 cm³/mol. The van der Waals surface area contributed by atoms with E-state index in [4.69, 9.17) is 26.1 Å². The molecule has 4 heterocycles. The summed E-state index contributed by atoms with van der Waals surface area (Å²) < 4.78 is 54.6. The molecule has 0 radical (unpaired) electrons. The molecule has 0 bridgehead atoms. The minimum atomic E-state index is -4.84. The predicted octanol–water partition coefficient (Wildman–Crippen LogP) is 5.76. The number of aryl methyl sites for hydroxylation is 1. The van der Waals surface area contributed by atoms with Crippen LogP contribution in [0.2, 0.25) is 5.02 Å². The van der Waals surface area contributed by atoms with Gasteiger partial charge in [0, 0.05) is 56.7 Å². The number of hydrogen-bond acceptors (Lipinski definition) is 9. The van der Waals surface area contributed by atoms with Crippen molar-refractivity contribution in [3.8, 4) is 28.3 Å². The van der Waals surface area contributed by atoms with E-state index in [1.165, 1.54) is 21.2 Å². The van der Waals surface area contributed by atoms with E-state index in [0.29, 0.717) is 82.1 Å². The molecule has 6 rings (SSSR count). The van der Waals surface area contributed by atoms with Gasteiger partial charge in [0.1, 0.15) is 22.6 Å². The Morgan fingerprint density at radius 1 is 1.02 bits per heavy atom. The number of rotatable bonds is 8. The highest BCUT2D eigenvalue weighted by atomic mass is 35.5. The van der Waals surface area contributed by atoms with Gasteiger partial charge in [-0.05, 0) is 43.0 Å². The molecule has 1 aliphatic heterocycles. The van der Waals surface area contributed by atoms with Gasteiger partial charge in [-0.2, -0.15) is 13.2 Å². The molecule has 49 heavy (non-hydrogen) atoms. The second-order valence-electron chi connectivity index (χ2n) is 11.7. The van der Waals surface area contributed by atoms with Crippen molar-refractivity contribution in [1.82, 2.24) is 29.4 Å². The monoisotopic (exact) mass is 695 g/mol. The van der Waals surface area contributed by atoms with Crippen LogP contribution in [0, 0.1) is 6.92 Å². The van der Waals surface area contributed by atoms with Gasteiger partial charge in [-0.3, -0.25) is 18.9 Å². The van der Waals surface area contributed by atoms with E-state index >= 15 is 0 Å². The number of nitrogens with zero attached hydrogens (tertiary/aromatic N) is 5. The number of methoxy groups -OCH3 is 1. The number of benzene rings is 2. The van der Waals surface area contributed by atoms with E-state index in [1.807, 2.05) is 24.3 Å². The highest BCUT2D eigenvalue weighted by Gasteiger charge is 2.34. The summed E-state index contributed by atoms with van der Waals surface area (Å²) in [6.45, 7) is 3.68. The molecule has 2 N–H and O–H groups in total. The molecule has 1 fully saturated rings. The smallest absolute Gasteiger partial charge is 0.433 e. The second kappa shape index (κ2) is 13.6. The Labute approximate surface area is 283 Å². The lowest BCUT2D eigenvalue weighted by molar-refractivity contribution is -0.141. The fraction of sp³-hybridized carbons (Fsp3) is 0.324. The highest BCUT2D eigenvalue weighted by Crippen LogP contribution is 2.40. The number of aromatic nitrogens is 5. The first-order valence-electron chi connectivity index (χ1n) is 15.4. The lowest BCUT2D eigenvalue weighted by atomic mass is 9.96. The number of alkyl halides is 3. The standard InChI is InChI=1S/C34H33ClF3N7O4/c1-18-20(7-6-10-23(18)41-30-28-26(15-27(43-30)34(36,37)38)44(2)33(47)45(3)32(28)46)21-8-5-9-22(29(21)35)24-16-40-25(31(42-24)48-4)17-39-19-11-13-49-14-12-19/h5-10,15-16,19,39H,11-14,17H2,1-4H3,(H,41,43). The minimum absolute atomic E-state index is 0.165. The lowest BCUT2D eigenvalue weighted by Gasteiger charge is -2.23. The van der Waals surface area contributed by atoms with E-state index in [-0.39, 0.29) is 16.7 Å². The van der Waals surface area contributed by atoms with Crippen molar-refractivity contribution in [2.45, 2.75) is 38.5 Å². The van der Waals surface area contributed by atoms with Gasteiger partial charge in [0.25, 0.3) is 5.56 Å². The van der Waals surface area contributed by atoms with Crippen molar-refractivity contribution in [2.24, 2.45) is 14.1 Å². The third-order valence-corrected chi connectivity index (χ3v) is 9.09. The largest absolute Gasteiger partial charge is 0.480 e. The molecule has 256 valence electrons. The first-order chi connectivity index (χ1) is 23.4. The molecule has 5 aromatic rings. The molecule has 15 heteroatoms. The van der Waals surface area contributed by atoms with Gasteiger partial charge >= 0.3 is 11.9 Å². The first kappa shape index (κ1) is 34.1. The quantitative estimate of drug-likeness (QED) is 0.209. The minimum Gasteiger partial charge on any atom is -0.480 e. The van der Waals surface area contributed by atoms with Crippen molar-refractivity contribution in [1.29, 1.82) is 0 Å². The Kier molecular flexibility index (Phi) is 9.47. The molecule has 2 aromatic carbocycles. The Bertz CT molecular complexity index is 2180. The zero-order valence-electron chi connectivity index (χ0n) is 27.1. The number of nitrogens with one attached hydrogen (secondary N) is 2. The number of fused-ring (bicyclic) bond motifs is 1. The topological polar surface area (TPSA) is 125 Å². The van der Waals surface area contributed by atoms with Gasteiger partial charge in [0.2, 0.25) is 5.88 Å². The molecule has 0 amide bonds. The van der Waals surface area contributed by atoms with Crippen LogP contribution in [0.3, 0.4) is 0 Å². The Balaban J connectivity index is 1.37. The maximum atomic E-state index is 13.9. The number of anilines is 2. The number of halogens is 4. The lowest BCUT2D eigenvalue weighted by Crippen LogP contribution is -2.37. The number of hydrogen-bond donors (Lipinski definition) is 2. The number of pyridine rings is 1. The molecular weight excluding hydrogens is 663 g/mol. The third kappa shape index (κ3) is 6.63. The summed E-state index contributed by atoms with van der Waals surface area (Å²) in [5, 5.41) is 6.63. The molecule has 11 nitrogen and oxygen atoms in total. The van der Waals surface area contributed by atoms with Crippen LogP contribution in [0.1, 0.15) is 29.8 Å². The average Bonchev–Trinajstić information content (AvgIpc) is 3.09. The van der Waals surface area contributed by atoms with Crippen LogP contribution >= 0.6 is 11.6 Å². The Morgan fingerprint density at radius 2 is 1.71 bits per heavy atom. The maximum Gasteiger partial charge on any atom is 0.433 e. The molecule has 0 unspecified atom stereocenters. The highest BCUT2D eigenvalue weighted by molar-refractivity contribution is 6.36. The summed E-state index contributed by atoms with van der Waals surface area (Å²) >= 11 is 7.01. The number of ether oxygens (including phenoxy) is 2. The Morgan fingerprint density at radius 3 is 2.43 bits per heavy atom. The van der Waals surface area contributed by atoms with E-state index in [0.717, 1.165) is 22.0 Å². The van der Waals surface area contributed by atoms with Crippen LogP contribution in [0.5, 0.6) is 5.88 Å². The summed E-state index contributed by atoms with van der Waals surface area (Å²) in [6.07, 6.45) is -1.37. The van der Waals surface area contributed by atoms with E-state index < -0.39 is 23.1 Å². The summed E-state index contributed by atoms with van der Waals surface area (Å²) in [4.78, 5) is 38.9. The van der Waals surface area contributed by atoms with Gasteiger partial charge < -0.3 is 20.1 Å². The van der Waals surface area contributed by atoms with Gasteiger partial charge in [-0.1, -0.05) is 41.9 Å². The summed E-state index contributed by atoms with van der Waals surface area (Å²) in [5.74, 6) is 0.0280. The average molecular weight is 696 g/mol. The van der Waals surface area contributed by atoms with Crippen LogP contribution < -0.4 is 26.6 Å². The van der Waals surface area contributed by atoms with E-state index in [9.17, 15) is 22.8 Å². The van der Waals surface area contributed by atoms with Crippen molar-refractivity contribution in [3.05, 3.63) is 91.5 Å². The molecule has 0 atom stereocenters. The van der Waals surface area contributed by atoms with E-state index in [1.54, 1.807) is 25.3 Å². The van der Waals surface area contributed by atoms with Crippen LogP contribution in [0.25, 0.3) is 33.3 Å². The van der Waals surface area contributed by atoms with Gasteiger partial charge in [0.05, 0.1) is 29.5 Å². The third-order valence-electron chi connectivity index (χ3n) is 8.68. The molecule has 1 saturated heterocycles. The summed E-state index contributed by atoms with van der Waals surface area (Å²) in [7, 11) is 4.08. The Hall–Kier alpha value is -4.79. The first-order valence-corrected chi connectivity index (χ1v) is 15.8. The van der Waals surface area contributed by atoms with Crippen LogP contribution in [-0.4, -0.2) is 50.5 Å². The SMILES string of the molecule is COc1nc(-c2cccc(-c3cccc(Nc4nc(C(F)(F)F)cc5c4c(=O)n(C)c(=O)n5C)c3C)c2Cl)cnc1CNC1CCOCC1. The molecular formula is C34H33ClF3N7O4. The van der Waals surface area contributed by atoms with Crippen LogP contribution in [0.4, 0.5) is 24.7 Å². The van der Waals surface area contributed by atoms with Gasteiger partial charge in [0.15, 0.2) is 0 Å². The zero-order valence-corrected chi connectivity index (χ0v) is 27.9. The van der Waals surface area contributed by atoms with Crippen molar-refractivity contribution >= 4 is 34.0 Å².